The lowest BCUT2D eigenvalue weighted by Gasteiger charge is -2.28. The van der Waals surface area contributed by atoms with Crippen LogP contribution in [0.2, 0.25) is 0 Å². The Morgan fingerprint density at radius 2 is 2.12 bits per heavy atom. The fraction of sp³-hybridized carbons (Fsp3) is 0.524. The summed E-state index contributed by atoms with van der Waals surface area (Å²) < 4.78 is 5.93. The van der Waals surface area contributed by atoms with Gasteiger partial charge in [0.25, 0.3) is 0 Å². The molecule has 1 aromatic carbocycles. The first kappa shape index (κ1) is 19.7. The predicted octanol–water partition coefficient (Wildman–Crippen LogP) is 5.37. The van der Waals surface area contributed by atoms with Crippen LogP contribution in [0.25, 0.3) is 0 Å². The summed E-state index contributed by atoms with van der Waals surface area (Å²) >= 11 is 8.28. The van der Waals surface area contributed by atoms with Crippen molar-refractivity contribution in [2.75, 3.05) is 18.1 Å². The molecule has 1 N–H and O–H groups in total. The Morgan fingerprint density at radius 1 is 1.31 bits per heavy atom. The van der Waals surface area contributed by atoms with Crippen LogP contribution in [-0.2, 0) is 11.3 Å². The first-order valence-electron chi connectivity index (χ1n) is 9.48. The number of aliphatic hydroxyl groups is 1. The molecule has 0 bridgehead atoms. The van der Waals surface area contributed by atoms with Gasteiger partial charge in [-0.3, -0.25) is 0 Å². The normalized spacial score (nSPS) is 21.3. The minimum Gasteiger partial charge on any atom is -0.388 e. The molecule has 0 spiro atoms. The lowest BCUT2D eigenvalue weighted by Crippen LogP contribution is -2.37. The molecule has 3 unspecified atom stereocenters. The van der Waals surface area contributed by atoms with Gasteiger partial charge >= 0.3 is 0 Å². The molecule has 5 heteroatoms. The van der Waals surface area contributed by atoms with Crippen molar-refractivity contribution in [3.05, 3.63) is 52.2 Å². The minimum atomic E-state index is -0.367. The number of benzene rings is 1. The highest BCUT2D eigenvalue weighted by Gasteiger charge is 2.33. The summed E-state index contributed by atoms with van der Waals surface area (Å²) in [7, 11) is 0. The molecule has 1 aromatic heterocycles. The molecule has 3 nitrogen and oxygen atoms in total. The second kappa shape index (κ2) is 9.75. The number of thiophene rings is 1. The number of unbranched alkanes of at least 4 members (excludes halogenated alkanes) is 1. The Balaban J connectivity index is 1.59. The second-order valence-corrected chi connectivity index (χ2v) is 8.50. The summed E-state index contributed by atoms with van der Waals surface area (Å²) in [6, 6.07) is 12.6. The lowest BCUT2D eigenvalue weighted by molar-refractivity contribution is 0.111. The SMILES string of the molecule is CCCCC(O)c1ccc(N2CCC(Cl)C2COCc2cccs2)cc1. The van der Waals surface area contributed by atoms with Gasteiger partial charge in [-0.2, -0.15) is 0 Å². The number of anilines is 1. The van der Waals surface area contributed by atoms with Gasteiger partial charge in [0, 0.05) is 17.1 Å². The monoisotopic (exact) mass is 393 g/mol. The van der Waals surface area contributed by atoms with E-state index >= 15 is 0 Å². The maximum atomic E-state index is 10.3. The average Bonchev–Trinajstić information content (AvgIpc) is 3.30. The molecule has 3 atom stereocenters. The van der Waals surface area contributed by atoms with Crippen molar-refractivity contribution in [2.24, 2.45) is 0 Å². The van der Waals surface area contributed by atoms with Gasteiger partial charge in [0.2, 0.25) is 0 Å². The predicted molar refractivity (Wildman–Crippen MR) is 110 cm³/mol. The van der Waals surface area contributed by atoms with Crippen molar-refractivity contribution < 1.29 is 9.84 Å². The molecule has 1 saturated heterocycles. The number of hydrogen-bond donors (Lipinski definition) is 1. The number of ether oxygens (including phenoxy) is 1. The smallest absolute Gasteiger partial charge is 0.0810 e. The summed E-state index contributed by atoms with van der Waals surface area (Å²) in [5.74, 6) is 0. The molecule has 3 rings (SSSR count). The van der Waals surface area contributed by atoms with Crippen LogP contribution in [0, 0.1) is 0 Å². The van der Waals surface area contributed by atoms with Crippen LogP contribution < -0.4 is 4.90 Å². The zero-order valence-electron chi connectivity index (χ0n) is 15.3. The first-order chi connectivity index (χ1) is 12.7. The zero-order chi connectivity index (χ0) is 18.4. The third-order valence-electron chi connectivity index (χ3n) is 5.02. The van der Waals surface area contributed by atoms with Gasteiger partial charge in [0.05, 0.1) is 30.7 Å². The van der Waals surface area contributed by atoms with Gasteiger partial charge in [-0.25, -0.2) is 0 Å². The Hall–Kier alpha value is -1.07. The van der Waals surface area contributed by atoms with Gasteiger partial charge in [0.15, 0.2) is 0 Å². The maximum Gasteiger partial charge on any atom is 0.0810 e. The Bertz CT molecular complexity index is 647. The number of hydrogen-bond acceptors (Lipinski definition) is 4. The van der Waals surface area contributed by atoms with E-state index in [9.17, 15) is 5.11 Å². The van der Waals surface area contributed by atoms with E-state index in [1.54, 1.807) is 11.3 Å². The molecular weight excluding hydrogens is 366 g/mol. The molecule has 142 valence electrons. The maximum absolute atomic E-state index is 10.3. The summed E-state index contributed by atoms with van der Waals surface area (Å²) in [4.78, 5) is 3.58. The fourth-order valence-electron chi connectivity index (χ4n) is 3.46. The van der Waals surface area contributed by atoms with E-state index in [0.29, 0.717) is 13.2 Å². The second-order valence-electron chi connectivity index (χ2n) is 6.91. The van der Waals surface area contributed by atoms with E-state index in [4.69, 9.17) is 16.3 Å². The number of alkyl halides is 1. The molecule has 1 fully saturated rings. The first-order valence-corrected chi connectivity index (χ1v) is 10.8. The van der Waals surface area contributed by atoms with Crippen LogP contribution in [-0.4, -0.2) is 29.7 Å². The van der Waals surface area contributed by atoms with Crippen LogP contribution in [0.5, 0.6) is 0 Å². The largest absolute Gasteiger partial charge is 0.388 e. The minimum absolute atomic E-state index is 0.105. The van der Waals surface area contributed by atoms with Gasteiger partial charge in [-0.1, -0.05) is 38.0 Å². The third kappa shape index (κ3) is 5.01. The summed E-state index contributed by atoms with van der Waals surface area (Å²) in [5, 5.41) is 12.4. The van der Waals surface area contributed by atoms with Crippen molar-refractivity contribution in [1.82, 2.24) is 0 Å². The van der Waals surface area contributed by atoms with Crippen LogP contribution in [0.15, 0.2) is 41.8 Å². The van der Waals surface area contributed by atoms with Gasteiger partial charge < -0.3 is 14.7 Å². The van der Waals surface area contributed by atoms with E-state index in [1.165, 1.54) is 4.88 Å². The Morgan fingerprint density at radius 3 is 2.81 bits per heavy atom. The molecule has 2 aromatic rings. The summed E-state index contributed by atoms with van der Waals surface area (Å²) in [6.07, 6.45) is 3.57. The van der Waals surface area contributed by atoms with Gasteiger partial charge in [-0.15, -0.1) is 22.9 Å². The van der Waals surface area contributed by atoms with Crippen molar-refractivity contribution in [1.29, 1.82) is 0 Å². The standard InChI is InChI=1S/C21H28ClNO2S/c1-2-3-6-21(24)16-7-9-17(10-8-16)23-12-11-19(22)20(23)15-25-14-18-5-4-13-26-18/h4-5,7-10,13,19-21,24H,2-3,6,11-12,14-15H2,1H3. The van der Waals surface area contributed by atoms with Crippen molar-refractivity contribution >= 4 is 28.6 Å². The van der Waals surface area contributed by atoms with Crippen molar-refractivity contribution in [3.63, 3.8) is 0 Å². The molecule has 0 saturated carbocycles. The Kier molecular flexibility index (Phi) is 7.38. The van der Waals surface area contributed by atoms with Crippen LogP contribution in [0.1, 0.15) is 49.2 Å². The molecular formula is C21H28ClNO2S. The van der Waals surface area contributed by atoms with Crippen LogP contribution in [0.4, 0.5) is 5.69 Å². The van der Waals surface area contributed by atoms with Gasteiger partial charge in [0.1, 0.15) is 0 Å². The Labute approximate surface area is 165 Å². The highest BCUT2D eigenvalue weighted by Crippen LogP contribution is 2.31. The molecule has 0 amide bonds. The van der Waals surface area contributed by atoms with Gasteiger partial charge in [-0.05, 0) is 42.0 Å². The molecule has 2 heterocycles. The summed E-state index contributed by atoms with van der Waals surface area (Å²) in [5.41, 5.74) is 2.15. The van der Waals surface area contributed by atoms with Crippen molar-refractivity contribution in [2.45, 2.75) is 56.7 Å². The van der Waals surface area contributed by atoms with Crippen LogP contribution >= 0.6 is 22.9 Å². The summed E-state index contributed by atoms with van der Waals surface area (Å²) in [6.45, 7) is 4.37. The molecule has 1 aliphatic heterocycles. The van der Waals surface area contributed by atoms with E-state index < -0.39 is 0 Å². The molecule has 1 aliphatic rings. The zero-order valence-corrected chi connectivity index (χ0v) is 16.9. The number of halogens is 1. The van der Waals surface area contributed by atoms with E-state index in [1.807, 2.05) is 18.2 Å². The van der Waals surface area contributed by atoms with Crippen LogP contribution in [0.3, 0.4) is 0 Å². The van der Waals surface area contributed by atoms with E-state index in [-0.39, 0.29) is 17.5 Å². The van der Waals surface area contributed by atoms with E-state index in [0.717, 1.165) is 43.5 Å². The van der Waals surface area contributed by atoms with Crippen molar-refractivity contribution in [3.8, 4) is 0 Å². The highest BCUT2D eigenvalue weighted by atomic mass is 35.5. The molecule has 0 aliphatic carbocycles. The highest BCUT2D eigenvalue weighted by molar-refractivity contribution is 7.09. The number of aliphatic hydroxyl groups excluding tert-OH is 1. The van der Waals surface area contributed by atoms with E-state index in [2.05, 4.69) is 35.4 Å². The average molecular weight is 394 g/mol. The quantitative estimate of drug-likeness (QED) is 0.581. The number of rotatable bonds is 9. The fourth-order valence-corrected chi connectivity index (χ4v) is 4.40. The lowest BCUT2D eigenvalue weighted by atomic mass is 10.0. The third-order valence-corrected chi connectivity index (χ3v) is 6.38. The topological polar surface area (TPSA) is 32.7 Å². The molecule has 26 heavy (non-hydrogen) atoms. The molecule has 0 radical (unpaired) electrons. The number of nitrogens with zero attached hydrogens (tertiary/aromatic N) is 1.